The Morgan fingerprint density at radius 1 is 1.10 bits per heavy atom. The molecule has 0 radical (unpaired) electrons. The van der Waals surface area contributed by atoms with Crippen LogP contribution >= 0.6 is 0 Å². The summed E-state index contributed by atoms with van der Waals surface area (Å²) in [5, 5.41) is 6.46. The Kier molecular flexibility index (Phi) is 5.98. The summed E-state index contributed by atoms with van der Waals surface area (Å²) in [5.41, 5.74) is 3.78. The van der Waals surface area contributed by atoms with E-state index in [1.807, 2.05) is 67.7 Å². The van der Waals surface area contributed by atoms with Crippen LogP contribution in [0.4, 0.5) is 5.82 Å². The second-order valence-electron chi connectivity index (χ2n) is 7.80. The molecule has 0 bridgehead atoms. The van der Waals surface area contributed by atoms with Gasteiger partial charge in [0, 0.05) is 18.3 Å². The van der Waals surface area contributed by atoms with E-state index in [4.69, 9.17) is 4.74 Å². The van der Waals surface area contributed by atoms with Crippen molar-refractivity contribution in [3.8, 4) is 16.9 Å². The van der Waals surface area contributed by atoms with Crippen molar-refractivity contribution >= 4 is 11.7 Å². The van der Waals surface area contributed by atoms with E-state index in [1.165, 1.54) is 12.8 Å². The number of nitrogens with one attached hydrogen (secondary N) is 2. The summed E-state index contributed by atoms with van der Waals surface area (Å²) >= 11 is 0. The number of carbonyl (C=O) groups excluding carboxylic acids is 1. The first-order valence-electron chi connectivity index (χ1n) is 10.4. The van der Waals surface area contributed by atoms with Crippen LogP contribution in [-0.4, -0.2) is 24.5 Å². The highest BCUT2D eigenvalue weighted by Gasteiger charge is 2.20. The van der Waals surface area contributed by atoms with E-state index >= 15 is 0 Å². The van der Waals surface area contributed by atoms with E-state index in [9.17, 15) is 4.79 Å². The molecule has 1 saturated carbocycles. The fourth-order valence-corrected chi connectivity index (χ4v) is 3.37. The zero-order valence-corrected chi connectivity index (χ0v) is 17.4. The molecule has 3 aromatic rings. The molecule has 30 heavy (non-hydrogen) atoms. The van der Waals surface area contributed by atoms with Gasteiger partial charge in [-0.2, -0.15) is 0 Å². The van der Waals surface area contributed by atoms with Gasteiger partial charge in [0.25, 0.3) is 5.91 Å². The van der Waals surface area contributed by atoms with E-state index in [0.29, 0.717) is 5.56 Å². The molecular formula is C25H27N3O2. The molecular weight excluding hydrogens is 374 g/mol. The van der Waals surface area contributed by atoms with Crippen molar-refractivity contribution in [2.75, 3.05) is 19.0 Å². The van der Waals surface area contributed by atoms with Gasteiger partial charge < -0.3 is 15.4 Å². The Morgan fingerprint density at radius 3 is 2.63 bits per heavy atom. The Morgan fingerprint density at radius 2 is 1.90 bits per heavy atom. The third-order valence-corrected chi connectivity index (χ3v) is 5.45. The van der Waals surface area contributed by atoms with E-state index < -0.39 is 0 Å². The Hall–Kier alpha value is -3.34. The fraction of sp³-hybridized carbons (Fsp3) is 0.280. The van der Waals surface area contributed by atoms with Gasteiger partial charge in [-0.1, -0.05) is 24.3 Å². The third kappa shape index (κ3) is 4.98. The molecule has 4 rings (SSSR count). The predicted octanol–water partition coefficient (Wildman–Crippen LogP) is 5.07. The lowest BCUT2D eigenvalue weighted by Gasteiger charge is -2.15. The van der Waals surface area contributed by atoms with Crippen molar-refractivity contribution in [1.29, 1.82) is 0 Å². The molecule has 1 amide bonds. The summed E-state index contributed by atoms with van der Waals surface area (Å²) in [6, 6.07) is 19.3. The molecule has 1 atom stereocenters. The Balaban J connectivity index is 1.41. The number of nitrogens with zero attached hydrogens (tertiary/aromatic N) is 1. The van der Waals surface area contributed by atoms with Crippen LogP contribution in [0.3, 0.4) is 0 Å². The Labute approximate surface area is 177 Å². The summed E-state index contributed by atoms with van der Waals surface area (Å²) < 4.78 is 5.27. The first kappa shape index (κ1) is 20.0. The average molecular weight is 402 g/mol. The molecule has 0 aliphatic heterocycles. The van der Waals surface area contributed by atoms with Gasteiger partial charge in [0.05, 0.1) is 13.2 Å². The van der Waals surface area contributed by atoms with Crippen LogP contribution in [0.2, 0.25) is 0 Å². The maximum Gasteiger partial charge on any atom is 0.251 e. The van der Waals surface area contributed by atoms with Crippen molar-refractivity contribution in [3.05, 3.63) is 78.0 Å². The standard InChI is InChI=1S/C25H27N3O2/c1-17(21-4-3-5-23(14-21)30-2)28-25(29)20-10-8-19(9-11-20)22-12-13-26-24(15-22)27-16-18-6-7-18/h3-5,8-15,17-18H,6-7,16H2,1-2H3,(H,26,27)(H,28,29)/t17-/m1/s1. The van der Waals surface area contributed by atoms with Gasteiger partial charge in [-0.25, -0.2) is 4.98 Å². The van der Waals surface area contributed by atoms with Crippen molar-refractivity contribution in [2.24, 2.45) is 5.92 Å². The van der Waals surface area contributed by atoms with E-state index in [2.05, 4.69) is 21.7 Å². The van der Waals surface area contributed by atoms with Crippen LogP contribution < -0.4 is 15.4 Å². The largest absolute Gasteiger partial charge is 0.497 e. The monoisotopic (exact) mass is 401 g/mol. The molecule has 5 heteroatoms. The molecule has 1 aromatic heterocycles. The van der Waals surface area contributed by atoms with Gasteiger partial charge in [-0.05, 0) is 78.8 Å². The summed E-state index contributed by atoms with van der Waals surface area (Å²) in [6.45, 7) is 2.95. The lowest BCUT2D eigenvalue weighted by atomic mass is 10.0. The summed E-state index contributed by atoms with van der Waals surface area (Å²) in [7, 11) is 1.64. The van der Waals surface area contributed by atoms with Gasteiger partial charge in [0.15, 0.2) is 0 Å². The number of hydrogen-bond acceptors (Lipinski definition) is 4. The van der Waals surface area contributed by atoms with Crippen molar-refractivity contribution < 1.29 is 9.53 Å². The molecule has 0 saturated heterocycles. The topological polar surface area (TPSA) is 63.2 Å². The normalized spacial score (nSPS) is 14.1. The van der Waals surface area contributed by atoms with Crippen LogP contribution in [0.1, 0.15) is 41.7 Å². The summed E-state index contributed by atoms with van der Waals surface area (Å²) in [5.74, 6) is 2.38. The number of aromatic nitrogens is 1. The fourth-order valence-electron chi connectivity index (χ4n) is 3.37. The summed E-state index contributed by atoms with van der Waals surface area (Å²) in [6.07, 6.45) is 4.44. The quantitative estimate of drug-likeness (QED) is 0.553. The van der Waals surface area contributed by atoms with Gasteiger partial charge in [-0.15, -0.1) is 0 Å². The number of ether oxygens (including phenoxy) is 1. The van der Waals surface area contributed by atoms with Crippen molar-refractivity contribution in [2.45, 2.75) is 25.8 Å². The van der Waals surface area contributed by atoms with Crippen LogP contribution in [0.5, 0.6) is 5.75 Å². The smallest absolute Gasteiger partial charge is 0.251 e. The number of pyridine rings is 1. The average Bonchev–Trinajstić information content (AvgIpc) is 3.62. The first-order chi connectivity index (χ1) is 14.6. The second kappa shape index (κ2) is 8.99. The summed E-state index contributed by atoms with van der Waals surface area (Å²) in [4.78, 5) is 17.1. The van der Waals surface area contributed by atoms with Crippen molar-refractivity contribution in [3.63, 3.8) is 0 Å². The van der Waals surface area contributed by atoms with Gasteiger partial charge in [-0.3, -0.25) is 4.79 Å². The molecule has 1 aliphatic rings. The molecule has 1 aliphatic carbocycles. The minimum Gasteiger partial charge on any atom is -0.497 e. The molecule has 1 heterocycles. The molecule has 0 unspecified atom stereocenters. The van der Waals surface area contributed by atoms with Crippen molar-refractivity contribution in [1.82, 2.24) is 10.3 Å². The number of carbonyl (C=O) groups is 1. The lowest BCUT2D eigenvalue weighted by molar-refractivity contribution is 0.0940. The molecule has 0 spiro atoms. The van der Waals surface area contributed by atoms with Gasteiger partial charge in [0.1, 0.15) is 11.6 Å². The van der Waals surface area contributed by atoms with E-state index in [1.54, 1.807) is 7.11 Å². The maximum absolute atomic E-state index is 12.7. The maximum atomic E-state index is 12.7. The lowest BCUT2D eigenvalue weighted by Crippen LogP contribution is -2.26. The number of hydrogen-bond donors (Lipinski definition) is 2. The minimum atomic E-state index is -0.118. The highest BCUT2D eigenvalue weighted by Crippen LogP contribution is 2.29. The molecule has 2 N–H and O–H groups in total. The highest BCUT2D eigenvalue weighted by atomic mass is 16.5. The molecule has 2 aromatic carbocycles. The molecule has 1 fully saturated rings. The van der Waals surface area contributed by atoms with Gasteiger partial charge >= 0.3 is 0 Å². The highest BCUT2D eigenvalue weighted by molar-refractivity contribution is 5.95. The van der Waals surface area contributed by atoms with Crippen LogP contribution in [0.25, 0.3) is 11.1 Å². The SMILES string of the molecule is COc1cccc([C@@H](C)NC(=O)c2ccc(-c3ccnc(NCC4CC4)c3)cc2)c1. The minimum absolute atomic E-state index is 0.0987. The Bertz CT molecular complexity index is 1010. The van der Waals surface area contributed by atoms with Crippen LogP contribution in [0, 0.1) is 5.92 Å². The predicted molar refractivity (Wildman–Crippen MR) is 120 cm³/mol. The van der Waals surface area contributed by atoms with Crippen LogP contribution in [0.15, 0.2) is 66.9 Å². The number of amides is 1. The van der Waals surface area contributed by atoms with E-state index in [-0.39, 0.29) is 11.9 Å². The van der Waals surface area contributed by atoms with E-state index in [0.717, 1.165) is 40.7 Å². The number of anilines is 1. The van der Waals surface area contributed by atoms with Crippen LogP contribution in [-0.2, 0) is 0 Å². The first-order valence-corrected chi connectivity index (χ1v) is 10.4. The van der Waals surface area contributed by atoms with Gasteiger partial charge in [0.2, 0.25) is 0 Å². The zero-order chi connectivity index (χ0) is 20.9. The number of methoxy groups -OCH3 is 1. The second-order valence-corrected chi connectivity index (χ2v) is 7.80. The molecule has 5 nitrogen and oxygen atoms in total. The molecule has 154 valence electrons. The zero-order valence-electron chi connectivity index (χ0n) is 17.4. The number of benzene rings is 2. The third-order valence-electron chi connectivity index (χ3n) is 5.45. The number of rotatable bonds is 8.